The number of ether oxygens (including phenoxy) is 1. The Hall–Kier alpha value is -2.89. The molecule has 108 valence electrons. The first-order valence-electron chi connectivity index (χ1n) is 6.31. The predicted molar refractivity (Wildman–Crippen MR) is 77.7 cm³/mol. The molecule has 0 saturated carbocycles. The Balaban J connectivity index is 1.86. The molecule has 0 saturated heterocycles. The molecule has 21 heavy (non-hydrogen) atoms. The fraction of sp³-hybridized carbons (Fsp3) is 0.133. The van der Waals surface area contributed by atoms with Crippen LogP contribution in [0.25, 0.3) is 0 Å². The zero-order valence-electron chi connectivity index (χ0n) is 11.5. The highest BCUT2D eigenvalue weighted by molar-refractivity contribution is 6.39. The number of nitrogens with zero attached hydrogens (tertiary/aromatic N) is 1. The Bertz CT molecular complexity index is 612. The number of rotatable bonds is 4. The topological polar surface area (TPSA) is 80.3 Å². The molecular weight excluding hydrogens is 270 g/mol. The van der Waals surface area contributed by atoms with E-state index in [0.29, 0.717) is 11.4 Å². The zero-order chi connectivity index (χ0) is 15.1. The van der Waals surface area contributed by atoms with E-state index in [9.17, 15) is 9.59 Å². The van der Waals surface area contributed by atoms with Crippen LogP contribution < -0.4 is 15.4 Å². The summed E-state index contributed by atoms with van der Waals surface area (Å²) in [5, 5.41) is 5.05. The van der Waals surface area contributed by atoms with Crippen LogP contribution in [0.4, 0.5) is 5.69 Å². The maximum atomic E-state index is 11.7. The summed E-state index contributed by atoms with van der Waals surface area (Å²) in [5.41, 5.74) is 1.40. The Morgan fingerprint density at radius 1 is 1.05 bits per heavy atom. The Morgan fingerprint density at radius 2 is 1.71 bits per heavy atom. The fourth-order valence-corrected chi connectivity index (χ4v) is 1.63. The maximum absolute atomic E-state index is 11.7. The number of hydrogen-bond acceptors (Lipinski definition) is 4. The summed E-state index contributed by atoms with van der Waals surface area (Å²) in [6.07, 6.45) is 3.25. The van der Waals surface area contributed by atoms with Gasteiger partial charge in [0.25, 0.3) is 0 Å². The van der Waals surface area contributed by atoms with Gasteiger partial charge in [0.1, 0.15) is 5.75 Å². The van der Waals surface area contributed by atoms with Gasteiger partial charge in [-0.3, -0.25) is 14.6 Å². The molecule has 0 aliphatic rings. The molecule has 1 aromatic carbocycles. The van der Waals surface area contributed by atoms with Gasteiger partial charge < -0.3 is 15.4 Å². The summed E-state index contributed by atoms with van der Waals surface area (Å²) in [5.74, 6) is -0.730. The van der Waals surface area contributed by atoms with E-state index in [1.165, 1.54) is 0 Å². The third-order valence-electron chi connectivity index (χ3n) is 2.76. The molecule has 0 fully saturated rings. The SMILES string of the molecule is COc1ccc(NC(=O)C(=O)NCc2ccncc2)cc1. The second-order valence-corrected chi connectivity index (χ2v) is 4.22. The highest BCUT2D eigenvalue weighted by Gasteiger charge is 2.13. The molecule has 1 heterocycles. The summed E-state index contributed by atoms with van der Waals surface area (Å²) in [6.45, 7) is 0.275. The third kappa shape index (κ3) is 4.31. The first kappa shape index (κ1) is 14.5. The lowest BCUT2D eigenvalue weighted by Gasteiger charge is -2.07. The quantitative estimate of drug-likeness (QED) is 0.831. The largest absolute Gasteiger partial charge is 0.497 e. The number of hydrogen-bond donors (Lipinski definition) is 2. The second kappa shape index (κ2) is 7.04. The van der Waals surface area contributed by atoms with E-state index in [0.717, 1.165) is 5.56 Å². The van der Waals surface area contributed by atoms with E-state index in [-0.39, 0.29) is 6.54 Å². The van der Waals surface area contributed by atoms with Crippen molar-refractivity contribution in [2.24, 2.45) is 0 Å². The molecule has 6 nitrogen and oxygen atoms in total. The zero-order valence-corrected chi connectivity index (χ0v) is 11.5. The van der Waals surface area contributed by atoms with Gasteiger partial charge in [-0.2, -0.15) is 0 Å². The standard InChI is InChI=1S/C15H15N3O3/c1-21-13-4-2-12(3-5-13)18-15(20)14(19)17-10-11-6-8-16-9-7-11/h2-9H,10H2,1H3,(H,17,19)(H,18,20). The van der Waals surface area contributed by atoms with Crippen LogP contribution in [0.15, 0.2) is 48.8 Å². The number of amides is 2. The first-order valence-corrected chi connectivity index (χ1v) is 6.31. The molecule has 0 aliphatic carbocycles. The molecule has 2 amide bonds. The van der Waals surface area contributed by atoms with Crippen molar-refractivity contribution in [3.05, 3.63) is 54.4 Å². The van der Waals surface area contributed by atoms with Gasteiger partial charge in [0.15, 0.2) is 0 Å². The Morgan fingerprint density at radius 3 is 2.33 bits per heavy atom. The summed E-state index contributed by atoms with van der Waals surface area (Å²) >= 11 is 0. The summed E-state index contributed by atoms with van der Waals surface area (Å²) in [4.78, 5) is 27.3. The van der Waals surface area contributed by atoms with E-state index in [2.05, 4.69) is 15.6 Å². The average molecular weight is 285 g/mol. The maximum Gasteiger partial charge on any atom is 0.313 e. The van der Waals surface area contributed by atoms with E-state index in [1.54, 1.807) is 55.9 Å². The molecule has 0 aliphatic heterocycles. The molecule has 6 heteroatoms. The van der Waals surface area contributed by atoms with Gasteiger partial charge in [-0.1, -0.05) is 0 Å². The molecule has 0 spiro atoms. The molecular formula is C15H15N3O3. The molecule has 0 radical (unpaired) electrons. The molecule has 0 unspecified atom stereocenters. The number of benzene rings is 1. The van der Waals surface area contributed by atoms with Gasteiger partial charge in [-0.25, -0.2) is 0 Å². The van der Waals surface area contributed by atoms with Gasteiger partial charge in [-0.15, -0.1) is 0 Å². The van der Waals surface area contributed by atoms with Crippen LogP contribution in [0.2, 0.25) is 0 Å². The summed E-state index contributed by atoms with van der Waals surface area (Å²) < 4.78 is 5.01. The van der Waals surface area contributed by atoms with E-state index < -0.39 is 11.8 Å². The van der Waals surface area contributed by atoms with Crippen molar-refractivity contribution < 1.29 is 14.3 Å². The number of carbonyl (C=O) groups excluding carboxylic acids is 2. The van der Waals surface area contributed by atoms with E-state index in [4.69, 9.17) is 4.74 Å². The lowest BCUT2D eigenvalue weighted by molar-refractivity contribution is -0.136. The second-order valence-electron chi connectivity index (χ2n) is 4.22. The highest BCUT2D eigenvalue weighted by atomic mass is 16.5. The number of nitrogens with one attached hydrogen (secondary N) is 2. The lowest BCUT2D eigenvalue weighted by Crippen LogP contribution is -2.34. The van der Waals surface area contributed by atoms with Crippen molar-refractivity contribution in [1.82, 2.24) is 10.3 Å². The van der Waals surface area contributed by atoms with Crippen molar-refractivity contribution in [3.63, 3.8) is 0 Å². The van der Waals surface area contributed by atoms with Gasteiger partial charge in [-0.05, 0) is 42.0 Å². The van der Waals surface area contributed by atoms with Gasteiger partial charge >= 0.3 is 11.8 Å². The third-order valence-corrected chi connectivity index (χ3v) is 2.76. The summed E-state index contributed by atoms with van der Waals surface area (Å²) in [7, 11) is 1.56. The highest BCUT2D eigenvalue weighted by Crippen LogP contribution is 2.14. The number of carbonyl (C=O) groups is 2. The average Bonchev–Trinajstić information content (AvgIpc) is 2.54. The predicted octanol–water partition coefficient (Wildman–Crippen LogP) is 1.35. The van der Waals surface area contributed by atoms with Crippen molar-refractivity contribution >= 4 is 17.5 Å². The lowest BCUT2D eigenvalue weighted by atomic mass is 10.2. The van der Waals surface area contributed by atoms with Crippen LogP contribution in [0, 0.1) is 0 Å². The minimum atomic E-state index is -0.714. The van der Waals surface area contributed by atoms with Crippen LogP contribution in [-0.2, 0) is 16.1 Å². The number of anilines is 1. The minimum Gasteiger partial charge on any atom is -0.497 e. The molecule has 0 bridgehead atoms. The number of methoxy groups -OCH3 is 1. The van der Waals surface area contributed by atoms with Gasteiger partial charge in [0.2, 0.25) is 0 Å². The summed E-state index contributed by atoms with van der Waals surface area (Å²) in [6, 6.07) is 10.2. The monoisotopic (exact) mass is 285 g/mol. The first-order chi connectivity index (χ1) is 10.2. The van der Waals surface area contributed by atoms with Crippen LogP contribution in [0.1, 0.15) is 5.56 Å². The van der Waals surface area contributed by atoms with Crippen molar-refractivity contribution in [1.29, 1.82) is 0 Å². The van der Waals surface area contributed by atoms with E-state index >= 15 is 0 Å². The smallest absolute Gasteiger partial charge is 0.313 e. The molecule has 2 N–H and O–H groups in total. The number of pyridine rings is 1. The Labute approximate surface area is 122 Å². The Kier molecular flexibility index (Phi) is 4.87. The molecule has 1 aromatic heterocycles. The van der Waals surface area contributed by atoms with Crippen LogP contribution >= 0.6 is 0 Å². The van der Waals surface area contributed by atoms with Gasteiger partial charge in [0.05, 0.1) is 7.11 Å². The van der Waals surface area contributed by atoms with Crippen LogP contribution in [0.5, 0.6) is 5.75 Å². The fourth-order valence-electron chi connectivity index (χ4n) is 1.63. The van der Waals surface area contributed by atoms with Gasteiger partial charge in [0, 0.05) is 24.6 Å². The number of aromatic nitrogens is 1. The van der Waals surface area contributed by atoms with Crippen LogP contribution in [0.3, 0.4) is 0 Å². The van der Waals surface area contributed by atoms with Crippen LogP contribution in [-0.4, -0.2) is 23.9 Å². The molecule has 2 rings (SSSR count). The van der Waals surface area contributed by atoms with Crippen molar-refractivity contribution in [2.45, 2.75) is 6.54 Å². The van der Waals surface area contributed by atoms with E-state index in [1.807, 2.05) is 0 Å². The van der Waals surface area contributed by atoms with Crippen molar-refractivity contribution in [2.75, 3.05) is 12.4 Å². The van der Waals surface area contributed by atoms with Crippen molar-refractivity contribution in [3.8, 4) is 5.75 Å². The molecule has 2 aromatic rings. The minimum absolute atomic E-state index is 0.275. The normalized spacial score (nSPS) is 9.76. The molecule has 0 atom stereocenters.